The molecule has 3 rings (SSSR count). The van der Waals surface area contributed by atoms with Crippen LogP contribution in [0.4, 0.5) is 5.00 Å². The van der Waals surface area contributed by atoms with Crippen LogP contribution in [0, 0.1) is 0 Å². The lowest BCUT2D eigenvalue weighted by Crippen LogP contribution is -2.34. The quantitative estimate of drug-likeness (QED) is 0.729. The lowest BCUT2D eigenvalue weighted by Gasteiger charge is -2.25. The Kier molecular flexibility index (Phi) is 6.53. The van der Waals surface area contributed by atoms with Gasteiger partial charge in [0, 0.05) is 23.9 Å². The fraction of sp³-hybridized carbons (Fsp3) is 0.381. The summed E-state index contributed by atoms with van der Waals surface area (Å²) < 4.78 is 10.6. The number of esters is 1. The molecule has 0 radical (unpaired) electrons. The average Bonchev–Trinajstić information content (AvgIpc) is 3.05. The first-order valence-electron chi connectivity index (χ1n) is 9.55. The number of rotatable bonds is 6. The zero-order chi connectivity index (χ0) is 21.0. The van der Waals surface area contributed by atoms with Gasteiger partial charge in [-0.15, -0.1) is 11.3 Å². The van der Waals surface area contributed by atoms with Gasteiger partial charge in [-0.1, -0.05) is 0 Å². The molecule has 0 aliphatic carbocycles. The average molecular weight is 416 g/mol. The predicted molar refractivity (Wildman–Crippen MR) is 111 cm³/mol. The normalized spacial score (nSPS) is 12.9. The van der Waals surface area contributed by atoms with Gasteiger partial charge in [-0.2, -0.15) is 0 Å². The highest BCUT2D eigenvalue weighted by Gasteiger charge is 2.30. The van der Waals surface area contributed by atoms with Gasteiger partial charge in [0.2, 0.25) is 5.91 Å². The minimum atomic E-state index is -0.455. The first kappa shape index (κ1) is 20.9. The maximum absolute atomic E-state index is 12.7. The number of nitrogens with zero attached hydrogens (tertiary/aromatic N) is 1. The summed E-state index contributed by atoms with van der Waals surface area (Å²) in [5, 5.41) is 3.31. The fourth-order valence-electron chi connectivity index (χ4n) is 3.22. The van der Waals surface area contributed by atoms with Gasteiger partial charge in [0.25, 0.3) is 5.91 Å². The molecule has 1 aromatic heterocycles. The van der Waals surface area contributed by atoms with Crippen molar-refractivity contribution in [2.75, 3.05) is 25.1 Å². The van der Waals surface area contributed by atoms with E-state index in [4.69, 9.17) is 9.47 Å². The number of hydrogen-bond donors (Lipinski definition) is 1. The number of ether oxygens (including phenoxy) is 2. The second kappa shape index (κ2) is 9.09. The van der Waals surface area contributed by atoms with Gasteiger partial charge in [-0.3, -0.25) is 9.59 Å². The van der Waals surface area contributed by atoms with Crippen molar-refractivity contribution >= 4 is 34.1 Å². The van der Waals surface area contributed by atoms with E-state index < -0.39 is 5.97 Å². The van der Waals surface area contributed by atoms with Gasteiger partial charge in [-0.25, -0.2) is 4.79 Å². The van der Waals surface area contributed by atoms with Crippen molar-refractivity contribution in [3.8, 4) is 5.75 Å². The summed E-state index contributed by atoms with van der Waals surface area (Å²) in [7, 11) is 0. The van der Waals surface area contributed by atoms with E-state index in [1.807, 2.05) is 6.92 Å². The van der Waals surface area contributed by atoms with Crippen LogP contribution in [0.5, 0.6) is 5.75 Å². The molecule has 0 spiro atoms. The van der Waals surface area contributed by atoms with Gasteiger partial charge in [0.1, 0.15) is 10.8 Å². The Labute approximate surface area is 173 Å². The number of anilines is 1. The van der Waals surface area contributed by atoms with Crippen LogP contribution in [0.25, 0.3) is 0 Å². The van der Waals surface area contributed by atoms with Crippen LogP contribution in [0.2, 0.25) is 0 Å². The highest BCUT2D eigenvalue weighted by atomic mass is 32.1. The molecule has 0 atom stereocenters. The molecule has 0 fully saturated rings. The molecule has 8 heteroatoms. The Bertz CT molecular complexity index is 920. The van der Waals surface area contributed by atoms with Crippen molar-refractivity contribution < 1.29 is 23.9 Å². The number of fused-ring (bicyclic) bond motifs is 1. The summed E-state index contributed by atoms with van der Waals surface area (Å²) in [6.45, 7) is 6.93. The Morgan fingerprint density at radius 1 is 1.14 bits per heavy atom. The lowest BCUT2D eigenvalue weighted by atomic mass is 10.0. The molecule has 2 aromatic rings. The zero-order valence-corrected chi connectivity index (χ0v) is 17.6. The molecule has 0 bridgehead atoms. The maximum Gasteiger partial charge on any atom is 0.341 e. The number of carbonyl (C=O) groups is 3. The summed E-state index contributed by atoms with van der Waals surface area (Å²) >= 11 is 1.32. The Hall–Kier alpha value is -2.87. The Morgan fingerprint density at radius 3 is 2.48 bits per heavy atom. The van der Waals surface area contributed by atoms with Crippen LogP contribution >= 0.6 is 11.3 Å². The molecule has 1 aromatic carbocycles. The molecule has 29 heavy (non-hydrogen) atoms. The standard InChI is InChI=1S/C21H24N2O5S/c1-4-27-15-8-6-14(7-9-15)19(25)22-20-18(21(26)28-5-2)16-10-11-23(13(3)24)12-17(16)29-20/h6-9H,4-5,10-12H2,1-3H3,(H,22,25). The van der Waals surface area contributed by atoms with Gasteiger partial charge in [-0.05, 0) is 50.1 Å². The highest BCUT2D eigenvalue weighted by molar-refractivity contribution is 7.17. The molecule has 2 heterocycles. The van der Waals surface area contributed by atoms with Crippen LogP contribution in [0.15, 0.2) is 24.3 Å². The van der Waals surface area contributed by atoms with Gasteiger partial charge in [0.05, 0.1) is 25.3 Å². The number of amides is 2. The summed E-state index contributed by atoms with van der Waals surface area (Å²) in [6, 6.07) is 6.81. The summed E-state index contributed by atoms with van der Waals surface area (Å²) in [4.78, 5) is 39.7. The minimum absolute atomic E-state index is 0.0123. The molecule has 0 saturated carbocycles. The number of carbonyl (C=O) groups excluding carboxylic acids is 3. The molecule has 1 N–H and O–H groups in total. The van der Waals surface area contributed by atoms with E-state index in [2.05, 4.69) is 5.32 Å². The fourth-order valence-corrected chi connectivity index (χ4v) is 4.47. The van der Waals surface area contributed by atoms with E-state index in [9.17, 15) is 14.4 Å². The number of benzene rings is 1. The first-order valence-corrected chi connectivity index (χ1v) is 10.4. The van der Waals surface area contributed by atoms with Gasteiger partial charge >= 0.3 is 5.97 Å². The topological polar surface area (TPSA) is 84.9 Å². The second-order valence-electron chi connectivity index (χ2n) is 6.53. The largest absolute Gasteiger partial charge is 0.494 e. The molecule has 2 amide bonds. The minimum Gasteiger partial charge on any atom is -0.494 e. The third kappa shape index (κ3) is 4.59. The molecule has 0 unspecified atom stereocenters. The molecule has 7 nitrogen and oxygen atoms in total. The first-order chi connectivity index (χ1) is 13.9. The van der Waals surface area contributed by atoms with Crippen molar-refractivity contribution in [2.24, 2.45) is 0 Å². The second-order valence-corrected chi connectivity index (χ2v) is 7.64. The van der Waals surface area contributed by atoms with Gasteiger partial charge < -0.3 is 19.7 Å². The van der Waals surface area contributed by atoms with Crippen LogP contribution in [0.3, 0.4) is 0 Å². The van der Waals surface area contributed by atoms with Crippen molar-refractivity contribution in [3.05, 3.63) is 45.8 Å². The maximum atomic E-state index is 12.7. The van der Waals surface area contributed by atoms with Crippen molar-refractivity contribution in [2.45, 2.75) is 33.7 Å². The van der Waals surface area contributed by atoms with Crippen molar-refractivity contribution in [1.29, 1.82) is 0 Å². The highest BCUT2D eigenvalue weighted by Crippen LogP contribution is 2.38. The SMILES string of the molecule is CCOC(=O)c1c(NC(=O)c2ccc(OCC)cc2)sc2c1CCN(C(C)=O)C2. The third-order valence-corrected chi connectivity index (χ3v) is 5.77. The van der Waals surface area contributed by atoms with Crippen molar-refractivity contribution in [3.63, 3.8) is 0 Å². The van der Waals surface area contributed by atoms with Crippen molar-refractivity contribution in [1.82, 2.24) is 4.90 Å². The summed E-state index contributed by atoms with van der Waals surface area (Å²) in [6.07, 6.45) is 0.554. The molecule has 1 aliphatic heterocycles. The molecule has 1 aliphatic rings. The predicted octanol–water partition coefficient (Wildman–Crippen LogP) is 3.48. The van der Waals surface area contributed by atoms with E-state index in [1.54, 1.807) is 36.1 Å². The van der Waals surface area contributed by atoms with E-state index in [1.165, 1.54) is 18.3 Å². The molecular weight excluding hydrogens is 392 g/mol. The van der Waals surface area contributed by atoms with E-state index in [-0.39, 0.29) is 18.4 Å². The number of thiophene rings is 1. The lowest BCUT2D eigenvalue weighted by molar-refractivity contribution is -0.129. The van der Waals surface area contributed by atoms with Crippen LogP contribution in [-0.2, 0) is 22.5 Å². The van der Waals surface area contributed by atoms with E-state index >= 15 is 0 Å². The summed E-state index contributed by atoms with van der Waals surface area (Å²) in [5.41, 5.74) is 1.71. The number of hydrogen-bond acceptors (Lipinski definition) is 6. The molecule has 0 saturated heterocycles. The smallest absolute Gasteiger partial charge is 0.341 e. The third-order valence-electron chi connectivity index (χ3n) is 4.64. The zero-order valence-electron chi connectivity index (χ0n) is 16.7. The Morgan fingerprint density at radius 2 is 1.86 bits per heavy atom. The molecular formula is C21H24N2O5S. The van der Waals surface area contributed by atoms with E-state index in [0.717, 1.165) is 10.4 Å². The summed E-state index contributed by atoms with van der Waals surface area (Å²) in [5.74, 6) is -0.0993. The van der Waals surface area contributed by atoms with Crippen LogP contribution in [-0.4, -0.2) is 42.4 Å². The molecule has 154 valence electrons. The van der Waals surface area contributed by atoms with E-state index in [0.29, 0.717) is 48.0 Å². The van der Waals surface area contributed by atoms with Crippen LogP contribution in [0.1, 0.15) is 51.9 Å². The van der Waals surface area contributed by atoms with Crippen LogP contribution < -0.4 is 10.1 Å². The van der Waals surface area contributed by atoms with Gasteiger partial charge in [0.15, 0.2) is 0 Å². The monoisotopic (exact) mass is 416 g/mol. The number of nitrogens with one attached hydrogen (secondary N) is 1. The Balaban J connectivity index is 1.88.